The van der Waals surface area contributed by atoms with Crippen LogP contribution in [0.3, 0.4) is 0 Å². The molecule has 1 aliphatic rings. The van der Waals surface area contributed by atoms with Crippen LogP contribution in [0.1, 0.15) is 6.42 Å². The van der Waals surface area contributed by atoms with Gasteiger partial charge in [0.2, 0.25) is 0 Å². The molecular weight excluding hydrogens is 247 g/mol. The van der Waals surface area contributed by atoms with Gasteiger partial charge in [-0.3, -0.25) is 9.79 Å². The highest BCUT2D eigenvalue weighted by Crippen LogP contribution is 2.24. The van der Waals surface area contributed by atoms with Gasteiger partial charge >= 0.3 is 0 Å². The maximum Gasteiger partial charge on any atom is 0.173 e. The number of hydrogen-bond acceptors (Lipinski definition) is 4. The summed E-state index contributed by atoms with van der Waals surface area (Å²) < 4.78 is 19.2. The number of Topliss-reactive ketones (excluding diaryl/α,β-unsaturated/α-hetero) is 1. The summed E-state index contributed by atoms with van der Waals surface area (Å²) >= 11 is 0. The summed E-state index contributed by atoms with van der Waals surface area (Å²) in [6, 6.07) is 4.71. The topological polar surface area (TPSA) is 41.9 Å². The molecule has 1 radical (unpaired) electrons. The summed E-state index contributed by atoms with van der Waals surface area (Å²) in [6.45, 7) is 6.03. The first-order valence-corrected chi connectivity index (χ1v) is 6.19. The maximum absolute atomic E-state index is 14.0. The standard InChI is InChI=1S/C14H16FN2O2/c1-2-12(18)10-16-11-3-4-14(13(15)9-11)17-5-7-19-8-6-17/h3-4,9-10H,1-2,5-8H2. The van der Waals surface area contributed by atoms with E-state index in [4.69, 9.17) is 4.74 Å². The van der Waals surface area contributed by atoms with Crippen molar-refractivity contribution in [1.82, 2.24) is 0 Å². The third-order valence-corrected chi connectivity index (χ3v) is 2.89. The molecular formula is C14H16FN2O2. The van der Waals surface area contributed by atoms with Gasteiger partial charge in [0.15, 0.2) is 5.78 Å². The Morgan fingerprint density at radius 1 is 1.47 bits per heavy atom. The Bertz CT molecular complexity index is 482. The van der Waals surface area contributed by atoms with Gasteiger partial charge in [-0.25, -0.2) is 4.39 Å². The van der Waals surface area contributed by atoms with Crippen molar-refractivity contribution in [3.8, 4) is 0 Å². The summed E-state index contributed by atoms with van der Waals surface area (Å²) in [7, 11) is 0. The van der Waals surface area contributed by atoms with Gasteiger partial charge in [-0.15, -0.1) is 0 Å². The van der Waals surface area contributed by atoms with Crippen molar-refractivity contribution < 1.29 is 13.9 Å². The van der Waals surface area contributed by atoms with E-state index in [0.717, 1.165) is 0 Å². The highest BCUT2D eigenvalue weighted by Gasteiger charge is 2.15. The number of morpholine rings is 1. The second-order valence-corrected chi connectivity index (χ2v) is 4.21. The van der Waals surface area contributed by atoms with Gasteiger partial charge in [-0.1, -0.05) is 0 Å². The Morgan fingerprint density at radius 2 is 2.21 bits per heavy atom. The van der Waals surface area contributed by atoms with Crippen molar-refractivity contribution in [1.29, 1.82) is 0 Å². The van der Waals surface area contributed by atoms with E-state index in [1.807, 2.05) is 4.90 Å². The Morgan fingerprint density at radius 3 is 2.84 bits per heavy atom. The SMILES string of the molecule is [CH2]CC(=O)C=Nc1ccc(N2CCOCC2)c(F)c1. The number of aliphatic imine (C=N–C) groups is 1. The average Bonchev–Trinajstić information content (AvgIpc) is 2.45. The van der Waals surface area contributed by atoms with Crippen LogP contribution in [0.5, 0.6) is 0 Å². The van der Waals surface area contributed by atoms with Crippen molar-refractivity contribution in [2.45, 2.75) is 6.42 Å². The Labute approximate surface area is 111 Å². The summed E-state index contributed by atoms with van der Waals surface area (Å²) in [5.41, 5.74) is 0.974. The van der Waals surface area contributed by atoms with Crippen LogP contribution in [0, 0.1) is 12.7 Å². The fraction of sp³-hybridized carbons (Fsp3) is 0.357. The molecule has 101 valence electrons. The molecule has 0 N–H and O–H groups in total. The van der Waals surface area contributed by atoms with E-state index < -0.39 is 0 Å². The third kappa shape index (κ3) is 3.61. The first-order chi connectivity index (χ1) is 9.20. The van der Waals surface area contributed by atoms with Gasteiger partial charge in [0.05, 0.1) is 30.8 Å². The molecule has 0 bridgehead atoms. The van der Waals surface area contributed by atoms with Crippen molar-refractivity contribution in [2.75, 3.05) is 31.2 Å². The number of carbonyl (C=O) groups excluding carboxylic acids is 1. The molecule has 0 aromatic heterocycles. The van der Waals surface area contributed by atoms with Crippen LogP contribution < -0.4 is 4.90 Å². The molecule has 1 fully saturated rings. The fourth-order valence-corrected chi connectivity index (χ4v) is 1.85. The zero-order valence-corrected chi connectivity index (χ0v) is 10.6. The van der Waals surface area contributed by atoms with Crippen LogP contribution >= 0.6 is 0 Å². The van der Waals surface area contributed by atoms with Crippen LogP contribution in [0.4, 0.5) is 15.8 Å². The number of halogens is 1. The Balaban J connectivity index is 2.12. The molecule has 0 saturated carbocycles. The summed E-state index contributed by atoms with van der Waals surface area (Å²) in [4.78, 5) is 16.9. The van der Waals surface area contributed by atoms with Crippen molar-refractivity contribution in [3.63, 3.8) is 0 Å². The first-order valence-electron chi connectivity index (χ1n) is 6.19. The molecule has 5 heteroatoms. The Kier molecular flexibility index (Phi) is 4.63. The predicted octanol–water partition coefficient (Wildman–Crippen LogP) is 2.16. The van der Waals surface area contributed by atoms with E-state index in [1.54, 1.807) is 12.1 Å². The van der Waals surface area contributed by atoms with Crippen LogP contribution in [0.15, 0.2) is 23.2 Å². The summed E-state index contributed by atoms with van der Waals surface area (Å²) in [6.07, 6.45) is 1.33. The van der Waals surface area contributed by atoms with E-state index in [0.29, 0.717) is 37.7 Å². The molecule has 0 unspecified atom stereocenters. The molecule has 2 rings (SSSR count). The van der Waals surface area contributed by atoms with Gasteiger partial charge in [-0.2, -0.15) is 0 Å². The zero-order valence-electron chi connectivity index (χ0n) is 10.6. The molecule has 0 amide bonds. The summed E-state index contributed by atoms with van der Waals surface area (Å²) in [5.74, 6) is -0.517. The molecule has 1 heterocycles. The molecule has 0 atom stereocenters. The lowest BCUT2D eigenvalue weighted by Crippen LogP contribution is -2.36. The third-order valence-electron chi connectivity index (χ3n) is 2.89. The molecule has 19 heavy (non-hydrogen) atoms. The lowest BCUT2D eigenvalue weighted by atomic mass is 10.2. The molecule has 0 aliphatic carbocycles. The zero-order chi connectivity index (χ0) is 13.7. The van der Waals surface area contributed by atoms with Crippen molar-refractivity contribution in [2.24, 2.45) is 4.99 Å². The number of ether oxygens (including phenoxy) is 1. The average molecular weight is 263 g/mol. The summed E-state index contributed by atoms with van der Waals surface area (Å²) in [5, 5.41) is 0. The van der Waals surface area contributed by atoms with Gasteiger partial charge in [-0.05, 0) is 19.1 Å². The molecule has 0 spiro atoms. The number of rotatable bonds is 4. The van der Waals surface area contributed by atoms with Crippen LogP contribution in [0.2, 0.25) is 0 Å². The van der Waals surface area contributed by atoms with Crippen LogP contribution in [0.25, 0.3) is 0 Å². The molecule has 1 aromatic carbocycles. The van der Waals surface area contributed by atoms with Gasteiger partial charge in [0.25, 0.3) is 0 Å². The largest absolute Gasteiger partial charge is 0.378 e. The van der Waals surface area contributed by atoms with Crippen molar-refractivity contribution in [3.05, 3.63) is 30.9 Å². The first kappa shape index (κ1) is 13.7. The van der Waals surface area contributed by atoms with Gasteiger partial charge < -0.3 is 9.64 Å². The van der Waals surface area contributed by atoms with E-state index in [9.17, 15) is 9.18 Å². The molecule has 1 saturated heterocycles. The number of hydrogen-bond donors (Lipinski definition) is 0. The second kappa shape index (κ2) is 6.43. The lowest BCUT2D eigenvalue weighted by molar-refractivity contribution is -0.111. The van der Waals surface area contributed by atoms with E-state index in [1.165, 1.54) is 12.3 Å². The minimum absolute atomic E-state index is 0.151. The van der Waals surface area contributed by atoms with Gasteiger partial charge in [0, 0.05) is 25.6 Å². The number of ketones is 1. The molecule has 1 aromatic rings. The number of carbonyl (C=O) groups is 1. The second-order valence-electron chi connectivity index (χ2n) is 4.21. The highest BCUT2D eigenvalue weighted by atomic mass is 19.1. The van der Waals surface area contributed by atoms with Crippen LogP contribution in [-0.4, -0.2) is 38.3 Å². The lowest BCUT2D eigenvalue weighted by Gasteiger charge is -2.29. The highest BCUT2D eigenvalue weighted by molar-refractivity contribution is 6.28. The van der Waals surface area contributed by atoms with Gasteiger partial charge in [0.1, 0.15) is 5.82 Å². The fourth-order valence-electron chi connectivity index (χ4n) is 1.85. The van der Waals surface area contributed by atoms with E-state index in [2.05, 4.69) is 11.9 Å². The number of benzene rings is 1. The minimum Gasteiger partial charge on any atom is -0.378 e. The smallest absolute Gasteiger partial charge is 0.173 e. The van der Waals surface area contributed by atoms with Crippen molar-refractivity contribution >= 4 is 23.4 Å². The van der Waals surface area contributed by atoms with E-state index >= 15 is 0 Å². The molecule has 1 aliphatic heterocycles. The maximum atomic E-state index is 14.0. The number of anilines is 1. The predicted molar refractivity (Wildman–Crippen MR) is 72.6 cm³/mol. The minimum atomic E-state index is -0.335. The monoisotopic (exact) mass is 263 g/mol. The van der Waals surface area contributed by atoms with E-state index in [-0.39, 0.29) is 18.0 Å². The van der Waals surface area contributed by atoms with Crippen LogP contribution in [-0.2, 0) is 9.53 Å². The normalized spacial score (nSPS) is 16.0. The quantitative estimate of drug-likeness (QED) is 0.782. The Hall–Kier alpha value is -1.75. The number of nitrogens with zero attached hydrogens (tertiary/aromatic N) is 2. The molecule has 4 nitrogen and oxygen atoms in total.